The number of benzene rings is 1. The van der Waals surface area contributed by atoms with E-state index in [-0.39, 0.29) is 36.7 Å². The van der Waals surface area contributed by atoms with Crippen LogP contribution in [0.3, 0.4) is 0 Å². The van der Waals surface area contributed by atoms with Crippen molar-refractivity contribution in [2.45, 2.75) is 26.2 Å². The van der Waals surface area contributed by atoms with Crippen LogP contribution in [0.1, 0.15) is 26.2 Å². The summed E-state index contributed by atoms with van der Waals surface area (Å²) in [6, 6.07) is 9.33. The van der Waals surface area contributed by atoms with Gasteiger partial charge < -0.3 is 20.3 Å². The first-order chi connectivity index (χ1) is 12.2. The lowest BCUT2D eigenvalue weighted by atomic mass is 9.96. The summed E-state index contributed by atoms with van der Waals surface area (Å²) in [6.07, 6.45) is 2.52. The Kier molecular flexibility index (Phi) is 10.7. The molecule has 6 nitrogen and oxygen atoms in total. The maximum atomic E-state index is 12.2. The fraction of sp³-hybridized carbons (Fsp3) is 0.579. The number of hydrogen-bond acceptors (Lipinski definition) is 4. The molecule has 0 aromatic heterocycles. The second-order valence-corrected chi connectivity index (χ2v) is 6.30. The highest BCUT2D eigenvalue weighted by Crippen LogP contribution is 2.18. The number of carbonyl (C=O) groups is 2. The number of amides is 2. The number of nitrogens with zero attached hydrogens (tertiary/aromatic N) is 1. The molecular weight excluding hydrogens is 354 g/mol. The minimum atomic E-state index is -0.0218. The lowest BCUT2D eigenvalue weighted by molar-refractivity contribution is -0.137. The van der Waals surface area contributed by atoms with Gasteiger partial charge >= 0.3 is 0 Å². The standard InChI is InChI=1S/C19H29N3O3.ClH/c1-2-10-20-11-12-21-19(24)16-8-13-22(14-9-16)18(23)15-25-17-6-4-3-5-7-17;/h3-7,16,20H,2,8-15H2,1H3,(H,21,24);1H. The van der Waals surface area contributed by atoms with Gasteiger partial charge in [-0.3, -0.25) is 9.59 Å². The average molecular weight is 384 g/mol. The number of likely N-dealkylation sites (tertiary alicyclic amines) is 1. The molecule has 1 fully saturated rings. The SMILES string of the molecule is CCCNCCNC(=O)C1CCN(C(=O)COc2ccccc2)CC1.Cl. The molecular formula is C19H30ClN3O3. The second kappa shape index (κ2) is 12.5. The first-order valence-corrected chi connectivity index (χ1v) is 9.14. The average Bonchev–Trinajstić information content (AvgIpc) is 2.66. The quantitative estimate of drug-likeness (QED) is 0.638. The van der Waals surface area contributed by atoms with Crippen LogP contribution in [0.2, 0.25) is 0 Å². The molecule has 0 spiro atoms. The number of carbonyl (C=O) groups excluding carboxylic acids is 2. The molecule has 1 aliphatic rings. The van der Waals surface area contributed by atoms with E-state index < -0.39 is 0 Å². The molecule has 0 bridgehead atoms. The summed E-state index contributed by atoms with van der Waals surface area (Å²) in [5.41, 5.74) is 0. The van der Waals surface area contributed by atoms with Crippen molar-refractivity contribution in [3.8, 4) is 5.75 Å². The van der Waals surface area contributed by atoms with Crippen LogP contribution in [-0.2, 0) is 9.59 Å². The molecule has 0 radical (unpaired) electrons. The van der Waals surface area contributed by atoms with Crippen LogP contribution in [0, 0.1) is 5.92 Å². The number of hydrogen-bond donors (Lipinski definition) is 2. The Hall–Kier alpha value is -1.79. The Labute approximate surface area is 162 Å². The molecule has 2 amide bonds. The molecule has 2 rings (SSSR count). The van der Waals surface area contributed by atoms with Gasteiger partial charge in [0.25, 0.3) is 5.91 Å². The molecule has 0 saturated carbocycles. The molecule has 1 heterocycles. The minimum absolute atomic E-state index is 0. The fourth-order valence-corrected chi connectivity index (χ4v) is 2.86. The number of halogens is 1. The normalized spacial score (nSPS) is 14.4. The lowest BCUT2D eigenvalue weighted by Gasteiger charge is -2.31. The second-order valence-electron chi connectivity index (χ2n) is 6.30. The zero-order valence-corrected chi connectivity index (χ0v) is 16.2. The Morgan fingerprint density at radius 2 is 1.81 bits per heavy atom. The van der Waals surface area contributed by atoms with Gasteiger partial charge in [-0.05, 0) is 37.9 Å². The van der Waals surface area contributed by atoms with E-state index in [9.17, 15) is 9.59 Å². The third-order valence-corrected chi connectivity index (χ3v) is 4.35. The highest BCUT2D eigenvalue weighted by Gasteiger charge is 2.27. The van der Waals surface area contributed by atoms with Crippen LogP contribution in [-0.4, -0.2) is 56.0 Å². The molecule has 2 N–H and O–H groups in total. The number of rotatable bonds is 9. The van der Waals surface area contributed by atoms with E-state index in [0.29, 0.717) is 38.2 Å². The van der Waals surface area contributed by atoms with Crippen molar-refractivity contribution in [1.82, 2.24) is 15.5 Å². The van der Waals surface area contributed by atoms with Gasteiger partial charge in [-0.2, -0.15) is 0 Å². The lowest BCUT2D eigenvalue weighted by Crippen LogP contribution is -2.45. The molecule has 7 heteroatoms. The number of ether oxygens (including phenoxy) is 1. The van der Waals surface area contributed by atoms with Gasteiger partial charge in [0.05, 0.1) is 0 Å². The summed E-state index contributed by atoms with van der Waals surface area (Å²) in [5.74, 6) is 0.782. The van der Waals surface area contributed by atoms with Crippen molar-refractivity contribution in [1.29, 1.82) is 0 Å². The Balaban J connectivity index is 0.00000338. The molecule has 0 atom stereocenters. The highest BCUT2D eigenvalue weighted by atomic mass is 35.5. The van der Waals surface area contributed by atoms with Crippen molar-refractivity contribution >= 4 is 24.2 Å². The van der Waals surface area contributed by atoms with E-state index in [2.05, 4.69) is 17.6 Å². The maximum Gasteiger partial charge on any atom is 0.260 e. The molecule has 26 heavy (non-hydrogen) atoms. The minimum Gasteiger partial charge on any atom is -0.484 e. The van der Waals surface area contributed by atoms with Crippen molar-refractivity contribution < 1.29 is 14.3 Å². The van der Waals surface area contributed by atoms with Crippen LogP contribution < -0.4 is 15.4 Å². The van der Waals surface area contributed by atoms with Gasteiger partial charge in [-0.25, -0.2) is 0 Å². The molecule has 0 aliphatic carbocycles. The van der Waals surface area contributed by atoms with Gasteiger partial charge in [0.2, 0.25) is 5.91 Å². The third kappa shape index (κ3) is 7.62. The Morgan fingerprint density at radius 3 is 2.46 bits per heavy atom. The van der Waals surface area contributed by atoms with Gasteiger partial charge in [-0.1, -0.05) is 25.1 Å². The van der Waals surface area contributed by atoms with E-state index in [4.69, 9.17) is 4.74 Å². The maximum absolute atomic E-state index is 12.2. The third-order valence-electron chi connectivity index (χ3n) is 4.35. The van der Waals surface area contributed by atoms with Crippen LogP contribution in [0.5, 0.6) is 5.75 Å². The molecule has 1 aromatic rings. The van der Waals surface area contributed by atoms with Gasteiger partial charge in [0, 0.05) is 32.1 Å². The molecule has 0 unspecified atom stereocenters. The Morgan fingerprint density at radius 1 is 1.12 bits per heavy atom. The zero-order chi connectivity index (χ0) is 17.9. The first kappa shape index (κ1) is 22.3. The summed E-state index contributed by atoms with van der Waals surface area (Å²) in [5, 5.41) is 6.23. The summed E-state index contributed by atoms with van der Waals surface area (Å²) in [6.45, 7) is 5.82. The van der Waals surface area contributed by atoms with Crippen molar-refractivity contribution in [3.63, 3.8) is 0 Å². The summed E-state index contributed by atoms with van der Waals surface area (Å²) in [7, 11) is 0. The fourth-order valence-electron chi connectivity index (χ4n) is 2.86. The smallest absolute Gasteiger partial charge is 0.260 e. The van der Waals surface area contributed by atoms with Crippen LogP contribution >= 0.6 is 12.4 Å². The first-order valence-electron chi connectivity index (χ1n) is 9.14. The van der Waals surface area contributed by atoms with Gasteiger partial charge in [-0.15, -0.1) is 12.4 Å². The molecule has 1 aliphatic heterocycles. The van der Waals surface area contributed by atoms with Crippen LogP contribution in [0.15, 0.2) is 30.3 Å². The zero-order valence-electron chi connectivity index (χ0n) is 15.4. The van der Waals surface area contributed by atoms with Gasteiger partial charge in [0.1, 0.15) is 5.75 Å². The van der Waals surface area contributed by atoms with Crippen molar-refractivity contribution in [2.24, 2.45) is 5.92 Å². The highest BCUT2D eigenvalue weighted by molar-refractivity contribution is 5.85. The number of nitrogens with one attached hydrogen (secondary N) is 2. The largest absolute Gasteiger partial charge is 0.484 e. The summed E-state index contributed by atoms with van der Waals surface area (Å²) in [4.78, 5) is 26.2. The van der Waals surface area contributed by atoms with Crippen molar-refractivity contribution in [2.75, 3.05) is 39.3 Å². The topological polar surface area (TPSA) is 70.7 Å². The van der Waals surface area contributed by atoms with Gasteiger partial charge in [0.15, 0.2) is 6.61 Å². The monoisotopic (exact) mass is 383 g/mol. The predicted octanol–water partition coefficient (Wildman–Crippen LogP) is 1.84. The van der Waals surface area contributed by atoms with E-state index in [1.54, 1.807) is 4.90 Å². The number of piperidine rings is 1. The molecule has 146 valence electrons. The summed E-state index contributed by atoms with van der Waals surface area (Å²) < 4.78 is 5.50. The molecule has 1 aromatic carbocycles. The predicted molar refractivity (Wildman–Crippen MR) is 105 cm³/mol. The van der Waals surface area contributed by atoms with E-state index in [1.165, 1.54) is 0 Å². The Bertz CT molecular complexity index is 534. The van der Waals surface area contributed by atoms with E-state index >= 15 is 0 Å². The summed E-state index contributed by atoms with van der Waals surface area (Å²) >= 11 is 0. The number of para-hydroxylation sites is 1. The van der Waals surface area contributed by atoms with Crippen molar-refractivity contribution in [3.05, 3.63) is 30.3 Å². The molecule has 1 saturated heterocycles. The van der Waals surface area contributed by atoms with E-state index in [1.807, 2.05) is 30.3 Å². The van der Waals surface area contributed by atoms with Crippen LogP contribution in [0.25, 0.3) is 0 Å². The van der Waals surface area contributed by atoms with E-state index in [0.717, 1.165) is 19.5 Å². The van der Waals surface area contributed by atoms with Crippen LogP contribution in [0.4, 0.5) is 0 Å².